The third kappa shape index (κ3) is 4.82. The number of anilines is 1. The number of carbonyl (C=O) groups excluding carboxylic acids is 2. The minimum absolute atomic E-state index is 0.399. The number of nitrogens with one attached hydrogen (secondary N) is 1. The van der Waals surface area contributed by atoms with Crippen molar-refractivity contribution in [3.63, 3.8) is 0 Å². The molecule has 0 heterocycles. The first kappa shape index (κ1) is 20.0. The van der Waals surface area contributed by atoms with Crippen molar-refractivity contribution in [3.05, 3.63) is 108 Å². The molecule has 0 aliphatic carbocycles. The largest absolute Gasteiger partial charge is 0.362 e. The van der Waals surface area contributed by atoms with Crippen molar-refractivity contribution in [1.82, 2.24) is 0 Å². The van der Waals surface area contributed by atoms with Crippen LogP contribution in [0.1, 0.15) is 26.3 Å². The number of azo groups is 1. The van der Waals surface area contributed by atoms with Gasteiger partial charge in [-0.2, -0.15) is 0 Å². The number of hydrogen-bond donors (Lipinski definition) is 1. The van der Waals surface area contributed by atoms with Crippen molar-refractivity contribution in [2.45, 2.75) is 6.92 Å². The van der Waals surface area contributed by atoms with Crippen molar-refractivity contribution < 1.29 is 14.4 Å². The van der Waals surface area contributed by atoms with E-state index >= 15 is 0 Å². The molecule has 0 radical (unpaired) electrons. The lowest BCUT2D eigenvalue weighted by Gasteiger charge is -2.07. The van der Waals surface area contributed by atoms with E-state index < -0.39 is 11.9 Å². The van der Waals surface area contributed by atoms with Crippen molar-refractivity contribution in [2.75, 3.05) is 5.48 Å². The highest BCUT2D eigenvalue weighted by atomic mass is 16.7. The third-order valence-corrected chi connectivity index (χ3v) is 4.75. The van der Waals surface area contributed by atoms with Gasteiger partial charge in [-0.15, -0.1) is 10.2 Å². The minimum atomic E-state index is -0.488. The summed E-state index contributed by atoms with van der Waals surface area (Å²) in [4.78, 5) is 29.7. The second-order valence-corrected chi connectivity index (χ2v) is 6.92. The zero-order valence-electron chi connectivity index (χ0n) is 16.8. The fourth-order valence-corrected chi connectivity index (χ4v) is 3.05. The predicted octanol–water partition coefficient (Wildman–Crippen LogP) is 6.26. The Morgan fingerprint density at radius 3 is 2.29 bits per heavy atom. The molecule has 0 atom stereocenters. The highest BCUT2D eigenvalue weighted by Crippen LogP contribution is 2.19. The molecule has 0 unspecified atom stereocenters. The van der Waals surface area contributed by atoms with Gasteiger partial charge in [0, 0.05) is 5.56 Å². The van der Waals surface area contributed by atoms with E-state index in [0.29, 0.717) is 22.5 Å². The van der Waals surface area contributed by atoms with Gasteiger partial charge in [-0.3, -0.25) is 4.79 Å². The summed E-state index contributed by atoms with van der Waals surface area (Å²) < 4.78 is 0. The summed E-state index contributed by atoms with van der Waals surface area (Å²) >= 11 is 0. The molecule has 0 fully saturated rings. The molecule has 0 aliphatic heterocycles. The molecule has 152 valence electrons. The molecule has 0 spiro atoms. The summed E-state index contributed by atoms with van der Waals surface area (Å²) in [5, 5.41) is 9.77. The van der Waals surface area contributed by atoms with Gasteiger partial charge < -0.3 is 4.84 Å². The SMILES string of the molecule is Cc1ccccc1C(=O)N=Nc1ccc(NOC(=O)c2ccc3ccccc3c2)cc1. The lowest BCUT2D eigenvalue weighted by atomic mass is 10.1. The van der Waals surface area contributed by atoms with Gasteiger partial charge in [-0.05, 0) is 65.7 Å². The van der Waals surface area contributed by atoms with Gasteiger partial charge in [0.05, 0.1) is 16.9 Å². The predicted molar refractivity (Wildman–Crippen MR) is 119 cm³/mol. The summed E-state index contributed by atoms with van der Waals surface area (Å²) in [6, 6.07) is 27.1. The van der Waals surface area contributed by atoms with Gasteiger partial charge in [0.25, 0.3) is 5.91 Å². The molecular weight excluding hydrogens is 390 g/mol. The van der Waals surface area contributed by atoms with E-state index in [0.717, 1.165) is 16.3 Å². The van der Waals surface area contributed by atoms with Crippen LogP contribution in [0.3, 0.4) is 0 Å². The van der Waals surface area contributed by atoms with Crippen LogP contribution in [0, 0.1) is 6.92 Å². The first-order valence-corrected chi connectivity index (χ1v) is 9.68. The first-order chi connectivity index (χ1) is 15.1. The molecule has 0 aliphatic rings. The molecular formula is C25H19N3O3. The monoisotopic (exact) mass is 409 g/mol. The molecule has 6 heteroatoms. The third-order valence-electron chi connectivity index (χ3n) is 4.75. The van der Waals surface area contributed by atoms with Crippen LogP contribution in [0.15, 0.2) is 101 Å². The fourth-order valence-electron chi connectivity index (χ4n) is 3.05. The number of benzene rings is 4. The number of aryl methyl sites for hydroxylation is 1. The van der Waals surface area contributed by atoms with E-state index in [1.54, 1.807) is 48.5 Å². The lowest BCUT2D eigenvalue weighted by Crippen LogP contribution is -2.10. The Morgan fingerprint density at radius 2 is 1.52 bits per heavy atom. The number of rotatable bonds is 5. The van der Waals surface area contributed by atoms with E-state index in [1.165, 1.54) is 0 Å². The standard InChI is InChI=1S/C25H19N3O3/c1-17-6-2-5-9-23(17)24(29)27-26-21-12-14-22(15-13-21)28-31-25(30)20-11-10-18-7-3-4-8-19(18)16-20/h2-16,28H,1H3. The number of carbonyl (C=O) groups is 2. The van der Waals surface area contributed by atoms with Crippen LogP contribution >= 0.6 is 0 Å². The Bertz CT molecular complexity index is 1280. The quantitative estimate of drug-likeness (QED) is 0.312. The second kappa shape index (κ2) is 9.00. The van der Waals surface area contributed by atoms with Gasteiger partial charge >= 0.3 is 5.97 Å². The Kier molecular flexibility index (Phi) is 5.80. The number of nitrogens with zero attached hydrogens (tertiary/aromatic N) is 2. The normalized spacial score (nSPS) is 10.9. The summed E-state index contributed by atoms with van der Waals surface area (Å²) in [7, 11) is 0. The Balaban J connectivity index is 1.36. The van der Waals surface area contributed by atoms with Crippen molar-refractivity contribution in [2.24, 2.45) is 10.2 Å². The summed E-state index contributed by atoms with van der Waals surface area (Å²) in [5.74, 6) is -0.886. The van der Waals surface area contributed by atoms with E-state index in [2.05, 4.69) is 15.7 Å². The van der Waals surface area contributed by atoms with Crippen LogP contribution in [0.25, 0.3) is 10.8 Å². The van der Waals surface area contributed by atoms with Crippen LogP contribution in [-0.2, 0) is 4.84 Å². The van der Waals surface area contributed by atoms with Crippen LogP contribution in [0.2, 0.25) is 0 Å². The summed E-state index contributed by atoms with van der Waals surface area (Å²) in [5.41, 5.74) is 5.52. The number of fused-ring (bicyclic) bond motifs is 1. The maximum Gasteiger partial charge on any atom is 0.362 e. The maximum absolute atomic E-state index is 12.3. The topological polar surface area (TPSA) is 80.1 Å². The molecule has 4 aromatic carbocycles. The Morgan fingerprint density at radius 1 is 0.806 bits per heavy atom. The van der Waals surface area contributed by atoms with Crippen molar-refractivity contribution in [1.29, 1.82) is 0 Å². The van der Waals surface area contributed by atoms with Crippen LogP contribution < -0.4 is 5.48 Å². The molecule has 0 saturated heterocycles. The van der Waals surface area contributed by atoms with Gasteiger partial charge in [0.15, 0.2) is 0 Å². The zero-order chi connectivity index (χ0) is 21.6. The molecule has 0 bridgehead atoms. The van der Waals surface area contributed by atoms with E-state index in [-0.39, 0.29) is 0 Å². The van der Waals surface area contributed by atoms with Crippen LogP contribution in [-0.4, -0.2) is 11.9 Å². The van der Waals surface area contributed by atoms with Crippen molar-refractivity contribution in [3.8, 4) is 0 Å². The maximum atomic E-state index is 12.3. The summed E-state index contributed by atoms with van der Waals surface area (Å²) in [6.07, 6.45) is 0. The molecule has 4 aromatic rings. The Labute approximate surface area is 179 Å². The smallest absolute Gasteiger partial charge is 0.338 e. The van der Waals surface area contributed by atoms with Crippen molar-refractivity contribution >= 4 is 34.0 Å². The molecule has 0 saturated carbocycles. The average molecular weight is 409 g/mol. The van der Waals surface area contributed by atoms with Gasteiger partial charge in [-0.1, -0.05) is 48.5 Å². The molecule has 4 rings (SSSR count). The fraction of sp³-hybridized carbons (Fsp3) is 0.0400. The van der Waals surface area contributed by atoms with E-state index in [9.17, 15) is 9.59 Å². The van der Waals surface area contributed by atoms with E-state index in [1.807, 2.05) is 49.4 Å². The van der Waals surface area contributed by atoms with Gasteiger partial charge in [0.2, 0.25) is 0 Å². The molecule has 0 aromatic heterocycles. The highest BCUT2D eigenvalue weighted by molar-refractivity contribution is 5.96. The molecule has 1 N–H and O–H groups in total. The van der Waals surface area contributed by atoms with Gasteiger partial charge in [0.1, 0.15) is 0 Å². The van der Waals surface area contributed by atoms with Gasteiger partial charge in [-0.25, -0.2) is 10.3 Å². The number of amides is 1. The highest BCUT2D eigenvalue weighted by Gasteiger charge is 2.09. The van der Waals surface area contributed by atoms with Crippen LogP contribution in [0.5, 0.6) is 0 Å². The molecule has 1 amide bonds. The molecule has 6 nitrogen and oxygen atoms in total. The molecule has 31 heavy (non-hydrogen) atoms. The lowest BCUT2D eigenvalue weighted by molar-refractivity contribution is 0.0596. The van der Waals surface area contributed by atoms with Crippen LogP contribution in [0.4, 0.5) is 11.4 Å². The second-order valence-electron chi connectivity index (χ2n) is 6.92. The number of hydrogen-bond acceptors (Lipinski definition) is 5. The zero-order valence-corrected chi connectivity index (χ0v) is 16.8. The minimum Gasteiger partial charge on any atom is -0.338 e. The van der Waals surface area contributed by atoms with E-state index in [4.69, 9.17) is 4.84 Å². The summed E-state index contributed by atoms with van der Waals surface area (Å²) in [6.45, 7) is 1.85. The average Bonchev–Trinajstić information content (AvgIpc) is 2.81. The Hall–Kier alpha value is -4.32. The first-order valence-electron chi connectivity index (χ1n) is 9.68.